The van der Waals surface area contributed by atoms with Crippen LogP contribution in [0.3, 0.4) is 0 Å². The first-order valence-corrected chi connectivity index (χ1v) is 11.8. The second-order valence-corrected chi connectivity index (χ2v) is 8.87. The van der Waals surface area contributed by atoms with Gasteiger partial charge in [-0.3, -0.25) is 14.2 Å². The molecule has 2 heterocycles. The van der Waals surface area contributed by atoms with Crippen molar-refractivity contribution in [2.45, 2.75) is 12.8 Å². The van der Waals surface area contributed by atoms with Crippen LogP contribution in [-0.2, 0) is 14.3 Å². The molecule has 4 N–H and O–H groups in total. The van der Waals surface area contributed by atoms with Gasteiger partial charge in [0.1, 0.15) is 22.0 Å². The summed E-state index contributed by atoms with van der Waals surface area (Å²) in [5, 5.41) is 0. The highest BCUT2D eigenvalue weighted by atomic mass is 32.1. The van der Waals surface area contributed by atoms with Gasteiger partial charge in [-0.15, -0.1) is 11.3 Å². The molecule has 1 aliphatic heterocycles. The lowest BCUT2D eigenvalue weighted by atomic mass is 9.83. The Morgan fingerprint density at radius 3 is 2.36 bits per heavy atom. The number of amides is 1. The summed E-state index contributed by atoms with van der Waals surface area (Å²) in [4.78, 5) is 39.4. The summed E-state index contributed by atoms with van der Waals surface area (Å²) in [5.74, 6) is -1.48. The minimum absolute atomic E-state index is 0.0424. The molecule has 0 spiro atoms. The van der Waals surface area contributed by atoms with E-state index in [1.807, 2.05) is 6.07 Å². The van der Waals surface area contributed by atoms with Gasteiger partial charge in [0.2, 0.25) is 5.91 Å². The van der Waals surface area contributed by atoms with Gasteiger partial charge in [-0.1, -0.05) is 24.3 Å². The Morgan fingerprint density at radius 1 is 1.06 bits per heavy atom. The zero-order valence-corrected chi connectivity index (χ0v) is 20.8. The largest absolute Gasteiger partial charge is 0.497 e. The summed E-state index contributed by atoms with van der Waals surface area (Å²) in [6.07, 6.45) is 1.66. The maximum atomic E-state index is 13.5. The number of fused-ring (bicyclic) bond motifs is 1. The molecule has 1 atom stereocenters. The highest BCUT2D eigenvalue weighted by molar-refractivity contribution is 7.07. The number of carbonyl (C=O) groups excluding carboxylic acids is 2. The number of rotatable bonds is 7. The van der Waals surface area contributed by atoms with Crippen molar-refractivity contribution < 1.29 is 23.8 Å². The Kier molecular flexibility index (Phi) is 6.98. The summed E-state index contributed by atoms with van der Waals surface area (Å²) in [7, 11) is 3.06. The van der Waals surface area contributed by atoms with Gasteiger partial charge >= 0.3 is 5.97 Å². The number of primary amides is 1. The van der Waals surface area contributed by atoms with Crippen LogP contribution in [0.15, 0.2) is 58.9 Å². The minimum Gasteiger partial charge on any atom is -0.497 e. The zero-order chi connectivity index (χ0) is 26.0. The Bertz CT molecular complexity index is 1570. The van der Waals surface area contributed by atoms with Crippen LogP contribution in [0.25, 0.3) is 17.5 Å². The molecule has 0 radical (unpaired) electrons. The topological polar surface area (TPSA) is 136 Å². The van der Waals surface area contributed by atoms with Gasteiger partial charge in [0, 0.05) is 0 Å². The molecule has 1 unspecified atom stereocenters. The van der Waals surface area contributed by atoms with Crippen LogP contribution >= 0.6 is 11.3 Å². The predicted octanol–water partition coefficient (Wildman–Crippen LogP) is 0.880. The molecular weight excluding hydrogens is 482 g/mol. The van der Waals surface area contributed by atoms with Crippen LogP contribution in [-0.4, -0.2) is 37.3 Å². The van der Waals surface area contributed by atoms with Crippen LogP contribution in [0.2, 0.25) is 0 Å². The Morgan fingerprint density at radius 2 is 1.72 bits per heavy atom. The van der Waals surface area contributed by atoms with Crippen molar-refractivity contribution in [2.24, 2.45) is 11.5 Å². The lowest BCUT2D eigenvalue weighted by Crippen LogP contribution is -2.42. The van der Waals surface area contributed by atoms with Gasteiger partial charge in [-0.05, 0) is 48.4 Å². The third-order valence-corrected chi connectivity index (χ3v) is 6.84. The molecule has 4 rings (SSSR count). The number of benzene rings is 2. The number of carbonyl (C=O) groups is 2. The van der Waals surface area contributed by atoms with E-state index in [9.17, 15) is 14.4 Å². The maximum Gasteiger partial charge on any atom is 0.338 e. The van der Waals surface area contributed by atoms with E-state index in [0.29, 0.717) is 27.2 Å². The van der Waals surface area contributed by atoms with E-state index in [-0.39, 0.29) is 28.2 Å². The third-order valence-electron chi connectivity index (χ3n) is 5.73. The molecule has 0 fully saturated rings. The summed E-state index contributed by atoms with van der Waals surface area (Å²) in [5.41, 5.74) is 13.1. The van der Waals surface area contributed by atoms with E-state index in [0.717, 1.165) is 15.9 Å². The van der Waals surface area contributed by atoms with Crippen LogP contribution in [0.5, 0.6) is 11.5 Å². The maximum absolute atomic E-state index is 13.5. The fourth-order valence-electron chi connectivity index (χ4n) is 4.13. The average molecular weight is 508 g/mol. The first-order valence-electron chi connectivity index (χ1n) is 11.0. The Balaban J connectivity index is 2.08. The van der Waals surface area contributed by atoms with Crippen molar-refractivity contribution in [1.29, 1.82) is 0 Å². The molecule has 36 heavy (non-hydrogen) atoms. The second kappa shape index (κ2) is 10.1. The molecule has 186 valence electrons. The number of thiazole rings is 1. The predicted molar refractivity (Wildman–Crippen MR) is 137 cm³/mol. The Labute approximate surface area is 210 Å². The second-order valence-electron chi connectivity index (χ2n) is 7.84. The summed E-state index contributed by atoms with van der Waals surface area (Å²) in [6, 6.07) is 14.0. The summed E-state index contributed by atoms with van der Waals surface area (Å²) < 4.78 is 17.6. The van der Waals surface area contributed by atoms with Gasteiger partial charge in [-0.25, -0.2) is 4.79 Å². The third kappa shape index (κ3) is 4.38. The van der Waals surface area contributed by atoms with E-state index in [1.165, 1.54) is 7.11 Å². The average Bonchev–Trinajstić information content (AvgIpc) is 3.19. The number of esters is 1. The van der Waals surface area contributed by atoms with Gasteiger partial charge in [0.15, 0.2) is 0 Å². The molecule has 0 aliphatic carbocycles. The monoisotopic (exact) mass is 507 g/mol. The van der Waals surface area contributed by atoms with Crippen LogP contribution in [0.1, 0.15) is 24.0 Å². The fourth-order valence-corrected chi connectivity index (χ4v) is 5.32. The first-order chi connectivity index (χ1) is 17.3. The van der Waals surface area contributed by atoms with E-state index in [2.05, 4.69) is 0 Å². The van der Waals surface area contributed by atoms with Gasteiger partial charge < -0.3 is 25.7 Å². The van der Waals surface area contributed by atoms with Gasteiger partial charge in [0.25, 0.3) is 5.56 Å². The highest BCUT2D eigenvalue weighted by Crippen LogP contribution is 2.38. The quantitative estimate of drug-likeness (QED) is 0.453. The van der Waals surface area contributed by atoms with Crippen molar-refractivity contribution in [3.05, 3.63) is 84.8 Å². The summed E-state index contributed by atoms with van der Waals surface area (Å²) in [6.45, 7) is 1.73. The number of ether oxygens (including phenoxy) is 3. The molecule has 2 aromatic carbocycles. The van der Waals surface area contributed by atoms with E-state index < -0.39 is 23.4 Å². The lowest BCUT2D eigenvalue weighted by molar-refractivity contribution is -0.138. The van der Waals surface area contributed by atoms with Crippen molar-refractivity contribution in [3.63, 3.8) is 0 Å². The highest BCUT2D eigenvalue weighted by Gasteiger charge is 2.38. The van der Waals surface area contributed by atoms with E-state index in [1.54, 1.807) is 62.6 Å². The SMILES string of the molecule is CCOC(=O)C1=C(N)n2c(sc(=Cc3cccc(OC)c3)c2=O)=C(C(N)=O)C1c1cccc(OC)c1. The first kappa shape index (κ1) is 24.8. The molecular formula is C26H25N3O6S. The van der Waals surface area contributed by atoms with Gasteiger partial charge in [-0.2, -0.15) is 0 Å². The fraction of sp³-hybridized carbons (Fsp3) is 0.192. The van der Waals surface area contributed by atoms with Crippen molar-refractivity contribution in [3.8, 4) is 11.5 Å². The van der Waals surface area contributed by atoms with Crippen molar-refractivity contribution in [1.82, 2.24) is 4.57 Å². The Hall–Kier alpha value is -4.31. The van der Waals surface area contributed by atoms with Crippen LogP contribution in [0.4, 0.5) is 0 Å². The molecule has 0 saturated carbocycles. The van der Waals surface area contributed by atoms with Gasteiger partial charge in [0.05, 0.1) is 42.4 Å². The number of aromatic nitrogens is 1. The smallest absolute Gasteiger partial charge is 0.338 e. The zero-order valence-electron chi connectivity index (χ0n) is 19.9. The molecule has 1 aromatic heterocycles. The van der Waals surface area contributed by atoms with E-state index >= 15 is 0 Å². The normalized spacial score (nSPS) is 15.5. The molecule has 0 saturated heterocycles. The molecule has 1 aliphatic rings. The number of nitrogens with zero attached hydrogens (tertiary/aromatic N) is 1. The van der Waals surface area contributed by atoms with Crippen LogP contribution < -0.4 is 35.7 Å². The summed E-state index contributed by atoms with van der Waals surface area (Å²) >= 11 is 1.06. The van der Waals surface area contributed by atoms with Crippen molar-refractivity contribution >= 4 is 40.7 Å². The minimum atomic E-state index is -0.959. The number of hydrogen-bond acceptors (Lipinski definition) is 8. The standard InChI is InChI=1S/C26H25N3O6S/c1-4-35-26(32)20-19(15-8-6-10-17(13-15)34-3)21(23(28)30)25-29(22(20)27)24(31)18(36-25)12-14-7-5-9-16(11-14)33-2/h5-13,19H,4,27H2,1-3H3,(H2,28,30). The molecule has 3 aromatic rings. The van der Waals surface area contributed by atoms with Crippen molar-refractivity contribution in [2.75, 3.05) is 20.8 Å². The number of methoxy groups -OCH3 is 2. The molecule has 0 bridgehead atoms. The molecule has 1 amide bonds. The number of nitrogens with two attached hydrogens (primary N) is 2. The molecule has 10 heteroatoms. The van der Waals surface area contributed by atoms with Crippen LogP contribution in [0, 0.1) is 0 Å². The van der Waals surface area contributed by atoms with E-state index in [4.69, 9.17) is 25.7 Å². The number of hydrogen-bond donors (Lipinski definition) is 2. The lowest BCUT2D eigenvalue weighted by Gasteiger charge is -2.26. The molecule has 9 nitrogen and oxygen atoms in total.